The third-order valence-electron chi connectivity index (χ3n) is 5.78. The van der Waals surface area contributed by atoms with Crippen molar-refractivity contribution in [1.82, 2.24) is 9.91 Å². The zero-order valence-electron chi connectivity index (χ0n) is 17.5. The van der Waals surface area contributed by atoms with E-state index in [1.54, 1.807) is 5.01 Å². The SMILES string of the molecule is Cc1ccc([C@@H]2CC(c3ccc(C)cc3C)=NN2C(=O)CN2CCOCC2)cc1. The molecular formula is C24H29N3O2. The average Bonchev–Trinajstić information content (AvgIpc) is 3.14. The molecule has 29 heavy (non-hydrogen) atoms. The zero-order chi connectivity index (χ0) is 20.4. The number of nitrogens with zero attached hydrogens (tertiary/aromatic N) is 3. The molecule has 1 saturated heterocycles. The summed E-state index contributed by atoms with van der Waals surface area (Å²) in [6.45, 7) is 9.64. The van der Waals surface area contributed by atoms with Crippen LogP contribution in [-0.4, -0.2) is 54.4 Å². The summed E-state index contributed by atoms with van der Waals surface area (Å²) in [5.41, 5.74) is 6.91. The van der Waals surface area contributed by atoms with Crippen LogP contribution in [0.4, 0.5) is 0 Å². The van der Waals surface area contributed by atoms with Gasteiger partial charge in [0.05, 0.1) is 31.5 Å². The Bertz CT molecular complexity index is 914. The molecule has 0 aliphatic carbocycles. The van der Waals surface area contributed by atoms with Gasteiger partial charge >= 0.3 is 0 Å². The molecule has 0 unspecified atom stereocenters. The van der Waals surface area contributed by atoms with E-state index in [9.17, 15) is 4.79 Å². The van der Waals surface area contributed by atoms with E-state index in [0.29, 0.717) is 19.8 Å². The third kappa shape index (κ3) is 4.41. The second kappa shape index (κ2) is 8.47. The zero-order valence-corrected chi connectivity index (χ0v) is 17.5. The molecule has 0 saturated carbocycles. The molecule has 0 N–H and O–H groups in total. The number of hydrogen-bond donors (Lipinski definition) is 0. The maximum Gasteiger partial charge on any atom is 0.257 e. The van der Waals surface area contributed by atoms with Crippen LogP contribution in [-0.2, 0) is 9.53 Å². The molecule has 2 aromatic rings. The van der Waals surface area contributed by atoms with Crippen molar-refractivity contribution in [2.75, 3.05) is 32.8 Å². The van der Waals surface area contributed by atoms with Crippen LogP contribution in [0.3, 0.4) is 0 Å². The predicted octanol–water partition coefficient (Wildman–Crippen LogP) is 3.62. The lowest BCUT2D eigenvalue weighted by molar-refractivity contribution is -0.135. The van der Waals surface area contributed by atoms with Gasteiger partial charge in [0.2, 0.25) is 0 Å². The van der Waals surface area contributed by atoms with Gasteiger partial charge in [-0.25, -0.2) is 5.01 Å². The van der Waals surface area contributed by atoms with Gasteiger partial charge in [-0.05, 0) is 31.9 Å². The monoisotopic (exact) mass is 391 g/mol. The standard InChI is InChI=1S/C24H29N3O2/c1-17-4-7-20(8-5-17)23-15-22(21-9-6-18(2)14-19(21)3)25-27(23)24(28)16-26-10-12-29-13-11-26/h4-9,14,23H,10-13,15-16H2,1-3H3/t23-/m0/s1. The minimum atomic E-state index is -0.0557. The van der Waals surface area contributed by atoms with Crippen LogP contribution in [0.2, 0.25) is 0 Å². The molecule has 0 radical (unpaired) electrons. The molecule has 2 aliphatic heterocycles. The highest BCUT2D eigenvalue weighted by molar-refractivity contribution is 6.04. The van der Waals surface area contributed by atoms with E-state index in [1.165, 1.54) is 16.7 Å². The van der Waals surface area contributed by atoms with Crippen LogP contribution in [0.15, 0.2) is 47.6 Å². The van der Waals surface area contributed by atoms with Gasteiger partial charge in [0.1, 0.15) is 0 Å². The van der Waals surface area contributed by atoms with Crippen molar-refractivity contribution >= 4 is 11.6 Å². The van der Waals surface area contributed by atoms with Crippen molar-refractivity contribution < 1.29 is 9.53 Å². The van der Waals surface area contributed by atoms with E-state index < -0.39 is 0 Å². The smallest absolute Gasteiger partial charge is 0.257 e. The predicted molar refractivity (Wildman–Crippen MR) is 115 cm³/mol. The number of benzene rings is 2. The number of hydrogen-bond acceptors (Lipinski definition) is 4. The average molecular weight is 392 g/mol. The second-order valence-corrected chi connectivity index (χ2v) is 8.12. The van der Waals surface area contributed by atoms with Crippen LogP contribution in [0.1, 0.15) is 40.3 Å². The third-order valence-corrected chi connectivity index (χ3v) is 5.78. The highest BCUT2D eigenvalue weighted by Gasteiger charge is 2.34. The summed E-state index contributed by atoms with van der Waals surface area (Å²) in [6, 6.07) is 14.8. The van der Waals surface area contributed by atoms with E-state index in [4.69, 9.17) is 9.84 Å². The second-order valence-electron chi connectivity index (χ2n) is 8.12. The summed E-state index contributed by atoms with van der Waals surface area (Å²) in [4.78, 5) is 15.4. The topological polar surface area (TPSA) is 45.1 Å². The molecule has 4 rings (SSSR count). The maximum atomic E-state index is 13.2. The van der Waals surface area contributed by atoms with Crippen molar-refractivity contribution in [3.63, 3.8) is 0 Å². The maximum absolute atomic E-state index is 13.2. The number of carbonyl (C=O) groups excluding carboxylic acids is 1. The van der Waals surface area contributed by atoms with Crippen molar-refractivity contribution in [3.8, 4) is 0 Å². The number of aryl methyl sites for hydroxylation is 3. The first-order chi connectivity index (χ1) is 14.0. The number of hydrazone groups is 1. The Balaban J connectivity index is 1.63. The molecule has 5 nitrogen and oxygen atoms in total. The molecule has 5 heteroatoms. The molecule has 2 aromatic carbocycles. The highest BCUT2D eigenvalue weighted by atomic mass is 16.5. The number of amides is 1. The fraction of sp³-hybridized carbons (Fsp3) is 0.417. The molecule has 2 heterocycles. The molecule has 2 aliphatic rings. The van der Waals surface area contributed by atoms with Crippen molar-refractivity contribution in [2.45, 2.75) is 33.2 Å². The van der Waals surface area contributed by atoms with Gasteiger partial charge in [-0.2, -0.15) is 5.10 Å². The molecule has 152 valence electrons. The fourth-order valence-electron chi connectivity index (χ4n) is 4.11. The minimum Gasteiger partial charge on any atom is -0.379 e. The lowest BCUT2D eigenvalue weighted by atomic mass is 9.95. The van der Waals surface area contributed by atoms with Gasteiger partial charge in [0.25, 0.3) is 5.91 Å². The van der Waals surface area contributed by atoms with Crippen molar-refractivity contribution in [1.29, 1.82) is 0 Å². The summed E-state index contributed by atoms with van der Waals surface area (Å²) in [6.07, 6.45) is 0.738. The molecule has 0 aromatic heterocycles. The number of morpholine rings is 1. The molecule has 1 fully saturated rings. The Morgan fingerprint density at radius 2 is 1.72 bits per heavy atom. The molecule has 0 spiro atoms. The van der Waals surface area contributed by atoms with Crippen molar-refractivity contribution in [3.05, 3.63) is 70.3 Å². The van der Waals surface area contributed by atoms with E-state index >= 15 is 0 Å². The first-order valence-corrected chi connectivity index (χ1v) is 10.3. The lowest BCUT2D eigenvalue weighted by Gasteiger charge is -2.29. The Hall–Kier alpha value is -2.50. The highest BCUT2D eigenvalue weighted by Crippen LogP contribution is 2.34. The Morgan fingerprint density at radius 1 is 1.03 bits per heavy atom. The fourth-order valence-corrected chi connectivity index (χ4v) is 4.11. The summed E-state index contributed by atoms with van der Waals surface area (Å²) < 4.78 is 5.41. The molecule has 0 bridgehead atoms. The van der Waals surface area contributed by atoms with Crippen LogP contribution in [0.25, 0.3) is 0 Å². The number of rotatable bonds is 4. The lowest BCUT2D eigenvalue weighted by Crippen LogP contribution is -2.43. The van der Waals surface area contributed by atoms with Gasteiger partial charge in [-0.3, -0.25) is 9.69 Å². The summed E-state index contributed by atoms with van der Waals surface area (Å²) in [5, 5.41) is 6.55. The molecule has 1 amide bonds. The number of ether oxygens (including phenoxy) is 1. The Morgan fingerprint density at radius 3 is 2.41 bits per heavy atom. The van der Waals surface area contributed by atoms with Crippen molar-refractivity contribution in [2.24, 2.45) is 5.10 Å². The van der Waals surface area contributed by atoms with E-state index in [1.807, 2.05) is 0 Å². The van der Waals surface area contributed by atoms with Gasteiger partial charge in [-0.15, -0.1) is 0 Å². The normalized spacial score (nSPS) is 20.0. The largest absolute Gasteiger partial charge is 0.379 e. The molecular weight excluding hydrogens is 362 g/mol. The van der Waals surface area contributed by atoms with Gasteiger partial charge in [0, 0.05) is 25.1 Å². The number of carbonyl (C=O) groups is 1. The van der Waals surface area contributed by atoms with E-state index in [0.717, 1.165) is 36.3 Å². The van der Waals surface area contributed by atoms with Crippen LogP contribution >= 0.6 is 0 Å². The van der Waals surface area contributed by atoms with E-state index in [-0.39, 0.29) is 11.9 Å². The summed E-state index contributed by atoms with van der Waals surface area (Å²) >= 11 is 0. The van der Waals surface area contributed by atoms with E-state index in [2.05, 4.69) is 68.1 Å². The molecule has 1 atom stereocenters. The first-order valence-electron chi connectivity index (χ1n) is 10.3. The van der Waals surface area contributed by atoms with Crippen LogP contribution < -0.4 is 0 Å². The summed E-state index contributed by atoms with van der Waals surface area (Å²) in [7, 11) is 0. The van der Waals surface area contributed by atoms with Gasteiger partial charge in [0.15, 0.2) is 0 Å². The Kier molecular flexibility index (Phi) is 5.79. The minimum absolute atomic E-state index is 0.0530. The van der Waals surface area contributed by atoms with Gasteiger partial charge in [-0.1, -0.05) is 53.6 Å². The van der Waals surface area contributed by atoms with Gasteiger partial charge < -0.3 is 4.74 Å². The Labute approximate surface area is 173 Å². The first kappa shape index (κ1) is 19.8. The van der Waals surface area contributed by atoms with Crippen LogP contribution in [0, 0.1) is 20.8 Å². The summed E-state index contributed by atoms with van der Waals surface area (Å²) in [5.74, 6) is 0.0530. The quantitative estimate of drug-likeness (QED) is 0.800. The van der Waals surface area contributed by atoms with Crippen LogP contribution in [0.5, 0.6) is 0 Å².